The van der Waals surface area contributed by atoms with E-state index < -0.39 is 17.3 Å². The summed E-state index contributed by atoms with van der Waals surface area (Å²) < 4.78 is 52.3. The minimum atomic E-state index is -4.57. The third-order valence-corrected chi connectivity index (χ3v) is 5.48. The molecule has 0 aliphatic rings. The first-order valence-electron chi connectivity index (χ1n) is 11.2. The predicted octanol–water partition coefficient (Wildman–Crippen LogP) is 6.58. The van der Waals surface area contributed by atoms with Crippen LogP contribution in [0.1, 0.15) is 18.1 Å². The summed E-state index contributed by atoms with van der Waals surface area (Å²) in [5, 5.41) is 4.80. The summed E-state index contributed by atoms with van der Waals surface area (Å²) in [7, 11) is 0. The Kier molecular flexibility index (Phi) is 7.63. The van der Waals surface area contributed by atoms with Crippen molar-refractivity contribution in [3.05, 3.63) is 99.8 Å². The van der Waals surface area contributed by atoms with Gasteiger partial charge in [-0.25, -0.2) is 4.98 Å². The molecule has 0 radical (unpaired) electrons. The second-order valence-corrected chi connectivity index (χ2v) is 8.16. The van der Waals surface area contributed by atoms with E-state index in [9.17, 15) is 18.0 Å². The number of aromatic nitrogens is 2. The van der Waals surface area contributed by atoms with Crippen LogP contribution in [0.15, 0.2) is 83.2 Å². The van der Waals surface area contributed by atoms with E-state index in [0.29, 0.717) is 29.2 Å². The second-order valence-electron chi connectivity index (χ2n) is 7.76. The van der Waals surface area contributed by atoms with Gasteiger partial charge in [-0.05, 0) is 48.9 Å². The average molecular weight is 528 g/mol. The summed E-state index contributed by atoms with van der Waals surface area (Å²) in [6.45, 7) is 5.97. The van der Waals surface area contributed by atoms with Crippen molar-refractivity contribution in [2.24, 2.45) is 5.10 Å². The fourth-order valence-corrected chi connectivity index (χ4v) is 3.86. The third kappa shape index (κ3) is 5.67. The van der Waals surface area contributed by atoms with Crippen LogP contribution < -0.4 is 15.0 Å². The second kappa shape index (κ2) is 10.9. The molecule has 0 amide bonds. The van der Waals surface area contributed by atoms with Crippen LogP contribution in [0, 0.1) is 0 Å². The number of hydrogen-bond acceptors (Lipinski definition) is 5. The fourth-order valence-electron chi connectivity index (χ4n) is 3.58. The first kappa shape index (κ1) is 26.0. The number of benzene rings is 3. The van der Waals surface area contributed by atoms with Gasteiger partial charge in [-0.3, -0.25) is 4.79 Å². The largest absolute Gasteiger partial charge is 0.490 e. The predicted molar refractivity (Wildman–Crippen MR) is 138 cm³/mol. The summed E-state index contributed by atoms with van der Waals surface area (Å²) in [4.78, 5) is 17.8. The van der Waals surface area contributed by atoms with Gasteiger partial charge in [0.25, 0.3) is 5.56 Å². The number of fused-ring (bicyclic) bond motifs is 1. The number of ether oxygens (including phenoxy) is 2. The Balaban J connectivity index is 1.87. The molecule has 0 spiro atoms. The molecule has 1 heterocycles. The van der Waals surface area contributed by atoms with Crippen LogP contribution in [0.5, 0.6) is 11.5 Å². The zero-order chi connectivity index (χ0) is 26.6. The molecule has 6 nitrogen and oxygen atoms in total. The molecule has 4 aromatic rings. The highest BCUT2D eigenvalue weighted by atomic mass is 35.5. The van der Waals surface area contributed by atoms with Gasteiger partial charge in [-0.2, -0.15) is 22.9 Å². The Morgan fingerprint density at radius 2 is 1.89 bits per heavy atom. The lowest BCUT2D eigenvalue weighted by atomic mass is 10.1. The smallest absolute Gasteiger partial charge is 0.416 e. The van der Waals surface area contributed by atoms with Crippen molar-refractivity contribution in [1.82, 2.24) is 9.66 Å². The lowest BCUT2D eigenvalue weighted by molar-refractivity contribution is -0.137. The molecule has 0 saturated carbocycles. The highest BCUT2D eigenvalue weighted by Crippen LogP contribution is 2.36. The van der Waals surface area contributed by atoms with Gasteiger partial charge >= 0.3 is 6.18 Å². The molecular formula is C27H21ClF3N3O3. The normalized spacial score (nSPS) is 11.7. The average Bonchev–Trinajstić information content (AvgIpc) is 2.87. The van der Waals surface area contributed by atoms with Crippen molar-refractivity contribution >= 4 is 28.7 Å². The monoisotopic (exact) mass is 527 g/mol. The van der Waals surface area contributed by atoms with Crippen LogP contribution >= 0.6 is 11.6 Å². The number of hydrogen-bond donors (Lipinski definition) is 0. The van der Waals surface area contributed by atoms with E-state index in [0.717, 1.165) is 16.8 Å². The molecule has 1 aromatic heterocycles. The van der Waals surface area contributed by atoms with Gasteiger partial charge in [0.15, 0.2) is 17.3 Å². The molecule has 0 aliphatic carbocycles. The van der Waals surface area contributed by atoms with E-state index in [4.69, 9.17) is 21.1 Å². The van der Waals surface area contributed by atoms with Crippen molar-refractivity contribution in [2.45, 2.75) is 13.1 Å². The standard InChI is InChI=1S/C27H21ClF3N3O3/c1-3-12-37-24-21(28)13-17(14-23(24)36-4-2)16-32-34-25(18-8-7-9-19(15-18)27(29,30)31)33-22-11-6-5-10-20(22)26(34)35/h3,5-11,13-16H,1,4,12H2,2H3. The summed E-state index contributed by atoms with van der Waals surface area (Å²) in [5.41, 5.74) is -0.537. The Morgan fingerprint density at radius 3 is 2.62 bits per heavy atom. The lowest BCUT2D eigenvalue weighted by Gasteiger charge is -2.14. The third-order valence-electron chi connectivity index (χ3n) is 5.20. The Morgan fingerprint density at radius 1 is 1.11 bits per heavy atom. The van der Waals surface area contributed by atoms with Crippen LogP contribution in [0.25, 0.3) is 22.3 Å². The Bertz CT molecular complexity index is 1550. The number of halogens is 4. The van der Waals surface area contributed by atoms with Crippen LogP contribution in [-0.2, 0) is 6.18 Å². The quantitative estimate of drug-likeness (QED) is 0.192. The van der Waals surface area contributed by atoms with Gasteiger partial charge in [-0.15, -0.1) is 0 Å². The molecule has 0 bridgehead atoms. The molecule has 0 saturated heterocycles. The summed E-state index contributed by atoms with van der Waals surface area (Å²) in [6, 6.07) is 14.3. The number of para-hydroxylation sites is 1. The van der Waals surface area contributed by atoms with Gasteiger partial charge in [0.1, 0.15) is 6.61 Å². The molecule has 4 rings (SSSR count). The first-order valence-corrected chi connectivity index (χ1v) is 11.5. The van der Waals surface area contributed by atoms with Gasteiger partial charge in [0.05, 0.1) is 34.3 Å². The fraction of sp³-hybridized carbons (Fsp3) is 0.148. The molecule has 0 N–H and O–H groups in total. The van der Waals surface area contributed by atoms with Crippen LogP contribution in [0.2, 0.25) is 5.02 Å². The van der Waals surface area contributed by atoms with Gasteiger partial charge in [0, 0.05) is 5.56 Å². The minimum absolute atomic E-state index is 0.0480. The van der Waals surface area contributed by atoms with Crippen molar-refractivity contribution in [3.8, 4) is 22.9 Å². The molecule has 0 unspecified atom stereocenters. The SMILES string of the molecule is C=CCOc1c(Cl)cc(C=Nn2c(-c3cccc(C(F)(F)F)c3)nc3ccccc3c2=O)cc1OCC. The van der Waals surface area contributed by atoms with E-state index in [1.165, 1.54) is 18.3 Å². The molecule has 3 aromatic carbocycles. The number of rotatable bonds is 8. The summed E-state index contributed by atoms with van der Waals surface area (Å²) in [6.07, 6.45) is -1.65. The maximum absolute atomic E-state index is 13.4. The maximum Gasteiger partial charge on any atom is 0.416 e. The molecule has 10 heteroatoms. The topological polar surface area (TPSA) is 65.7 Å². The highest BCUT2D eigenvalue weighted by molar-refractivity contribution is 6.32. The van der Waals surface area contributed by atoms with Gasteiger partial charge in [0.2, 0.25) is 0 Å². The maximum atomic E-state index is 13.4. The number of alkyl halides is 3. The molecule has 0 aliphatic heterocycles. The lowest BCUT2D eigenvalue weighted by Crippen LogP contribution is -2.20. The van der Waals surface area contributed by atoms with Gasteiger partial charge < -0.3 is 9.47 Å². The molecule has 0 fully saturated rings. The van der Waals surface area contributed by atoms with Crippen molar-refractivity contribution < 1.29 is 22.6 Å². The highest BCUT2D eigenvalue weighted by Gasteiger charge is 2.31. The van der Waals surface area contributed by atoms with Crippen molar-refractivity contribution in [2.75, 3.05) is 13.2 Å². The number of nitrogens with zero attached hydrogens (tertiary/aromatic N) is 3. The van der Waals surface area contributed by atoms with Crippen LogP contribution in [-0.4, -0.2) is 29.1 Å². The van der Waals surface area contributed by atoms with Crippen LogP contribution in [0.3, 0.4) is 0 Å². The molecule has 37 heavy (non-hydrogen) atoms. The van der Waals surface area contributed by atoms with E-state index >= 15 is 0 Å². The summed E-state index contributed by atoms with van der Waals surface area (Å²) >= 11 is 6.40. The van der Waals surface area contributed by atoms with Crippen molar-refractivity contribution in [3.63, 3.8) is 0 Å². The van der Waals surface area contributed by atoms with E-state index in [2.05, 4.69) is 16.7 Å². The molecule has 0 atom stereocenters. The first-order chi connectivity index (χ1) is 17.7. The zero-order valence-electron chi connectivity index (χ0n) is 19.6. The zero-order valence-corrected chi connectivity index (χ0v) is 20.4. The van der Waals surface area contributed by atoms with Crippen molar-refractivity contribution in [1.29, 1.82) is 0 Å². The van der Waals surface area contributed by atoms with Crippen LogP contribution in [0.4, 0.5) is 13.2 Å². The van der Waals surface area contributed by atoms with E-state index in [1.807, 2.05) is 0 Å². The van der Waals surface area contributed by atoms with Gasteiger partial charge in [-0.1, -0.05) is 48.5 Å². The van der Waals surface area contributed by atoms with E-state index in [1.54, 1.807) is 49.4 Å². The molecular weight excluding hydrogens is 507 g/mol. The Hall–Kier alpha value is -4.11. The Labute approximate surface area is 215 Å². The van der Waals surface area contributed by atoms with E-state index in [-0.39, 0.29) is 28.4 Å². The molecule has 190 valence electrons. The summed E-state index contributed by atoms with van der Waals surface area (Å²) in [5.74, 6) is 0.642. The minimum Gasteiger partial charge on any atom is -0.490 e.